The summed E-state index contributed by atoms with van der Waals surface area (Å²) >= 11 is 3.00. The largest absolute Gasteiger partial charge is 0.507 e. The number of aliphatic hydroxyl groups is 1. The number of hydrogen-bond donors (Lipinski definition) is 3. The topological polar surface area (TPSA) is 77.8 Å². The minimum Gasteiger partial charge on any atom is -0.507 e. The predicted octanol–water partition coefficient (Wildman–Crippen LogP) is 1.36. The van der Waals surface area contributed by atoms with Crippen molar-refractivity contribution in [2.75, 3.05) is 5.33 Å². The molecule has 0 aliphatic carbocycles. The molecule has 0 fully saturated rings. The molecule has 1 aromatic rings. The van der Waals surface area contributed by atoms with Crippen molar-refractivity contribution in [3.63, 3.8) is 0 Å². The molecule has 0 bridgehead atoms. The number of alkyl halides is 1. The number of hydrogen-bond acceptors (Lipinski definition) is 3. The van der Waals surface area contributed by atoms with Crippen molar-refractivity contribution in [1.29, 1.82) is 5.41 Å². The van der Waals surface area contributed by atoms with Gasteiger partial charge >= 0.3 is 5.91 Å². The molecule has 0 aromatic heterocycles. The van der Waals surface area contributed by atoms with E-state index in [-0.39, 0.29) is 22.8 Å². The van der Waals surface area contributed by atoms with Crippen LogP contribution in [0.3, 0.4) is 0 Å². The number of aryl methyl sites for hydroxylation is 1. The van der Waals surface area contributed by atoms with E-state index in [1.807, 2.05) is 19.1 Å². The number of carbonyl (C=O) groups is 1. The van der Waals surface area contributed by atoms with Crippen LogP contribution in [-0.4, -0.2) is 22.2 Å². The van der Waals surface area contributed by atoms with Crippen molar-refractivity contribution >= 4 is 33.4 Å². The average Bonchev–Trinajstić information content (AvgIpc) is 2.29. The Kier molecular flexibility index (Phi) is 5.06. The summed E-state index contributed by atoms with van der Waals surface area (Å²) in [4.78, 5) is 11.0. The highest BCUT2D eigenvalue weighted by Gasteiger charge is 2.08. The van der Waals surface area contributed by atoms with Crippen LogP contribution < -0.4 is 5.32 Å². The summed E-state index contributed by atoms with van der Waals surface area (Å²) in [5.41, 5.74) is 1.72. The molecule has 17 heavy (non-hydrogen) atoms. The van der Waals surface area contributed by atoms with Gasteiger partial charge in [-0.25, -0.2) is 10.1 Å². The summed E-state index contributed by atoms with van der Waals surface area (Å²) < 4.78 is 0. The van der Waals surface area contributed by atoms with Crippen LogP contribution in [0.1, 0.15) is 11.1 Å². The number of nitrogens with two attached hydrogens (primary N) is 1. The third kappa shape index (κ3) is 4.50. The van der Waals surface area contributed by atoms with Crippen LogP contribution in [0.15, 0.2) is 30.3 Å². The molecule has 0 aliphatic rings. The molecule has 90 valence electrons. The first-order valence-electron chi connectivity index (χ1n) is 5.02. The van der Waals surface area contributed by atoms with Gasteiger partial charge in [-0.15, -0.1) is 0 Å². The Morgan fingerprint density at radius 1 is 1.47 bits per heavy atom. The van der Waals surface area contributed by atoms with Crippen LogP contribution in [0.25, 0.3) is 5.76 Å². The molecule has 0 atom stereocenters. The summed E-state index contributed by atoms with van der Waals surface area (Å²) in [6, 6.07) is 7.27. The van der Waals surface area contributed by atoms with E-state index >= 15 is 0 Å². The molecule has 0 aliphatic heterocycles. The van der Waals surface area contributed by atoms with Crippen molar-refractivity contribution < 1.29 is 15.2 Å². The Hall–Kier alpha value is -1.46. The lowest BCUT2D eigenvalue weighted by molar-refractivity contribution is -0.449. The van der Waals surface area contributed by atoms with E-state index in [0.29, 0.717) is 5.56 Å². The zero-order chi connectivity index (χ0) is 12.8. The lowest BCUT2D eigenvalue weighted by atomic mass is 10.1. The van der Waals surface area contributed by atoms with Crippen LogP contribution in [0.4, 0.5) is 0 Å². The molecule has 1 aromatic carbocycles. The van der Waals surface area contributed by atoms with Crippen molar-refractivity contribution in [2.45, 2.75) is 6.92 Å². The first kappa shape index (κ1) is 13.6. The van der Waals surface area contributed by atoms with E-state index < -0.39 is 0 Å². The number of halogens is 1. The van der Waals surface area contributed by atoms with Crippen molar-refractivity contribution in [3.05, 3.63) is 41.5 Å². The maximum absolute atomic E-state index is 11.0. The highest BCUT2D eigenvalue weighted by atomic mass is 79.9. The Labute approximate surface area is 108 Å². The highest BCUT2D eigenvalue weighted by Crippen LogP contribution is 2.11. The highest BCUT2D eigenvalue weighted by molar-refractivity contribution is 9.09. The van der Waals surface area contributed by atoms with Crippen molar-refractivity contribution in [3.8, 4) is 0 Å². The van der Waals surface area contributed by atoms with Gasteiger partial charge in [0.25, 0.3) is 0 Å². The quantitative estimate of drug-likeness (QED) is 0.341. The molecule has 4 nitrogen and oxygen atoms in total. The third-order valence-electron chi connectivity index (χ3n) is 2.09. The first-order chi connectivity index (χ1) is 8.02. The molecule has 5 heteroatoms. The van der Waals surface area contributed by atoms with Crippen LogP contribution >= 0.6 is 15.9 Å². The van der Waals surface area contributed by atoms with Gasteiger partial charge in [0, 0.05) is 5.56 Å². The first-order valence-corrected chi connectivity index (χ1v) is 6.15. The predicted molar refractivity (Wildman–Crippen MR) is 70.2 cm³/mol. The Morgan fingerprint density at radius 3 is 2.59 bits per heavy atom. The average molecular weight is 298 g/mol. The van der Waals surface area contributed by atoms with Gasteiger partial charge in [-0.2, -0.15) is 0 Å². The molecular weight excluding hydrogens is 284 g/mol. The summed E-state index contributed by atoms with van der Waals surface area (Å²) in [6.07, 6.45) is 1.26. The lowest BCUT2D eigenvalue weighted by Gasteiger charge is -2.00. The lowest BCUT2D eigenvalue weighted by Crippen LogP contribution is -2.91. The zero-order valence-electron chi connectivity index (χ0n) is 9.40. The molecule has 1 rings (SSSR count). The fourth-order valence-corrected chi connectivity index (χ4v) is 1.37. The molecular formula is C12H14BrN2O2+. The van der Waals surface area contributed by atoms with Gasteiger partial charge in [0.1, 0.15) is 11.1 Å². The number of rotatable bonds is 3. The molecule has 1 amide bonds. The second-order valence-corrected chi connectivity index (χ2v) is 4.16. The number of aliphatic hydroxyl groups excluding tert-OH is 1. The Bertz CT molecular complexity index is 452. The normalized spacial score (nSPS) is 11.3. The van der Waals surface area contributed by atoms with Gasteiger partial charge < -0.3 is 5.11 Å². The SMILES string of the molecule is Cc1ccc(/C(O)=C/C(=N)[NH2+]C(=O)CBr)cc1. The molecule has 0 unspecified atom stereocenters. The smallest absolute Gasteiger partial charge is 0.327 e. The van der Waals surface area contributed by atoms with Gasteiger partial charge in [-0.05, 0) is 6.92 Å². The summed E-state index contributed by atoms with van der Waals surface area (Å²) in [5, 5.41) is 18.6. The Balaban J connectivity index is 2.75. The fourth-order valence-electron chi connectivity index (χ4n) is 1.21. The number of amides is 1. The number of primary amides is 1. The number of quaternary nitrogens is 1. The molecule has 0 spiro atoms. The van der Waals surface area contributed by atoms with Gasteiger partial charge in [0.15, 0.2) is 0 Å². The minimum absolute atomic E-state index is 0.0198. The van der Waals surface area contributed by atoms with E-state index in [0.717, 1.165) is 5.56 Å². The van der Waals surface area contributed by atoms with Gasteiger partial charge in [0.05, 0.1) is 6.08 Å². The van der Waals surface area contributed by atoms with Crippen LogP contribution in [-0.2, 0) is 4.79 Å². The van der Waals surface area contributed by atoms with Crippen molar-refractivity contribution in [1.82, 2.24) is 0 Å². The summed E-state index contributed by atoms with van der Waals surface area (Å²) in [6.45, 7) is 1.95. The van der Waals surface area contributed by atoms with Gasteiger partial charge in [-0.3, -0.25) is 5.41 Å². The van der Waals surface area contributed by atoms with Crippen LogP contribution in [0, 0.1) is 12.3 Å². The van der Waals surface area contributed by atoms with Crippen molar-refractivity contribution in [2.24, 2.45) is 0 Å². The monoisotopic (exact) mass is 297 g/mol. The molecule has 0 saturated heterocycles. The maximum Gasteiger partial charge on any atom is 0.327 e. The van der Waals surface area contributed by atoms with Gasteiger partial charge in [-0.1, -0.05) is 45.8 Å². The number of nitrogens with one attached hydrogen (secondary N) is 1. The van der Waals surface area contributed by atoms with Crippen LogP contribution in [0.5, 0.6) is 0 Å². The van der Waals surface area contributed by atoms with E-state index in [9.17, 15) is 9.90 Å². The molecule has 0 saturated carbocycles. The van der Waals surface area contributed by atoms with E-state index in [2.05, 4.69) is 15.9 Å². The summed E-state index contributed by atoms with van der Waals surface area (Å²) in [5.74, 6) is -0.246. The van der Waals surface area contributed by atoms with Gasteiger partial charge in [0.2, 0.25) is 5.84 Å². The molecule has 0 heterocycles. The van der Waals surface area contributed by atoms with Crippen LogP contribution in [0.2, 0.25) is 0 Å². The third-order valence-corrected chi connectivity index (χ3v) is 2.64. The Morgan fingerprint density at radius 2 is 2.06 bits per heavy atom. The van der Waals surface area contributed by atoms with E-state index in [1.54, 1.807) is 12.1 Å². The maximum atomic E-state index is 11.0. The standard InChI is InChI=1S/C12H13BrN2O2/c1-8-2-4-9(5-3-8)10(16)6-11(14)15-12(17)7-13/h2-6,16H,7H2,1H3,(H2,14,15,17)/p+1/b10-6-. The number of amidine groups is 1. The summed E-state index contributed by atoms with van der Waals surface area (Å²) in [7, 11) is 0. The molecule has 0 radical (unpaired) electrons. The number of carbonyl (C=O) groups excluding carboxylic acids is 1. The zero-order valence-corrected chi connectivity index (χ0v) is 11.0. The van der Waals surface area contributed by atoms with E-state index in [1.165, 1.54) is 11.4 Å². The fraction of sp³-hybridized carbons (Fsp3) is 0.167. The number of benzene rings is 1. The second kappa shape index (κ2) is 6.32. The van der Waals surface area contributed by atoms with E-state index in [4.69, 9.17) is 5.41 Å². The minimum atomic E-state index is -0.206. The molecule has 4 N–H and O–H groups in total. The second-order valence-electron chi connectivity index (χ2n) is 3.60.